The van der Waals surface area contributed by atoms with Gasteiger partial charge in [0.15, 0.2) is 0 Å². The first kappa shape index (κ1) is 11.3. The molecule has 0 bridgehead atoms. The molecule has 1 N–H and O–H groups in total. The normalized spacial score (nSPS) is 25.4. The van der Waals surface area contributed by atoms with Gasteiger partial charge in [-0.05, 0) is 39.5 Å². The minimum atomic E-state index is 0.349. The van der Waals surface area contributed by atoms with Gasteiger partial charge in [0.25, 0.3) is 0 Å². The minimum absolute atomic E-state index is 0.349. The van der Waals surface area contributed by atoms with Crippen LogP contribution >= 0.6 is 11.8 Å². The van der Waals surface area contributed by atoms with Crippen molar-refractivity contribution in [2.45, 2.75) is 44.1 Å². The molecule has 0 saturated carbocycles. The molecule has 2 nitrogen and oxygen atoms in total. The van der Waals surface area contributed by atoms with Gasteiger partial charge in [0, 0.05) is 11.3 Å². The summed E-state index contributed by atoms with van der Waals surface area (Å²) >= 11 is 2.08. The molecule has 1 rings (SSSR count). The molecule has 0 aromatic rings. The van der Waals surface area contributed by atoms with E-state index in [0.29, 0.717) is 12.1 Å². The lowest BCUT2D eigenvalue weighted by atomic mass is 10.1. The van der Waals surface area contributed by atoms with Crippen molar-refractivity contribution in [2.24, 2.45) is 0 Å². The highest BCUT2D eigenvalue weighted by Gasteiger charge is 2.24. The van der Waals surface area contributed by atoms with Crippen LogP contribution in [-0.2, 0) is 4.74 Å². The number of thioether (sulfide) groups is 1. The number of likely N-dealkylation sites (N-methyl/N-ethyl adjacent to an activating group) is 1. The van der Waals surface area contributed by atoms with Crippen LogP contribution in [0.3, 0.4) is 0 Å². The van der Waals surface area contributed by atoms with Gasteiger partial charge >= 0.3 is 0 Å². The molecule has 2 atom stereocenters. The molecular formula is C10H21NOS. The summed E-state index contributed by atoms with van der Waals surface area (Å²) in [5.41, 5.74) is 0. The SMILES string of the molecule is CNC(COC(C)C)C1CCCS1. The van der Waals surface area contributed by atoms with Crippen LogP contribution in [0, 0.1) is 0 Å². The summed E-state index contributed by atoms with van der Waals surface area (Å²) in [5, 5.41) is 4.12. The third kappa shape index (κ3) is 3.88. The third-order valence-electron chi connectivity index (χ3n) is 2.39. The monoisotopic (exact) mass is 203 g/mol. The maximum atomic E-state index is 5.63. The van der Waals surface area contributed by atoms with E-state index >= 15 is 0 Å². The van der Waals surface area contributed by atoms with Crippen molar-refractivity contribution in [3.8, 4) is 0 Å². The molecule has 0 aliphatic carbocycles. The Morgan fingerprint density at radius 1 is 1.54 bits per heavy atom. The molecule has 13 heavy (non-hydrogen) atoms. The van der Waals surface area contributed by atoms with Crippen molar-refractivity contribution in [1.82, 2.24) is 5.32 Å². The second-order valence-corrected chi connectivity index (χ2v) is 5.18. The third-order valence-corrected chi connectivity index (χ3v) is 3.91. The van der Waals surface area contributed by atoms with E-state index in [0.717, 1.165) is 11.9 Å². The molecule has 1 aliphatic heterocycles. The highest BCUT2D eigenvalue weighted by Crippen LogP contribution is 2.28. The van der Waals surface area contributed by atoms with E-state index in [-0.39, 0.29) is 0 Å². The fourth-order valence-electron chi connectivity index (χ4n) is 1.59. The Morgan fingerprint density at radius 3 is 2.77 bits per heavy atom. The Hall–Kier alpha value is 0.270. The molecule has 0 aromatic carbocycles. The molecular weight excluding hydrogens is 182 g/mol. The van der Waals surface area contributed by atoms with Crippen molar-refractivity contribution in [1.29, 1.82) is 0 Å². The fraction of sp³-hybridized carbons (Fsp3) is 1.00. The largest absolute Gasteiger partial charge is 0.377 e. The van der Waals surface area contributed by atoms with Gasteiger partial charge in [-0.15, -0.1) is 0 Å². The van der Waals surface area contributed by atoms with Crippen molar-refractivity contribution in [2.75, 3.05) is 19.4 Å². The second-order valence-electron chi connectivity index (χ2n) is 3.83. The maximum absolute atomic E-state index is 5.63. The van der Waals surface area contributed by atoms with Crippen molar-refractivity contribution in [3.63, 3.8) is 0 Å². The first-order valence-corrected chi connectivity index (χ1v) is 6.19. The summed E-state index contributed by atoms with van der Waals surface area (Å²) in [6.07, 6.45) is 3.06. The van der Waals surface area contributed by atoms with Crippen LogP contribution < -0.4 is 5.32 Å². The van der Waals surface area contributed by atoms with E-state index in [2.05, 4.69) is 30.9 Å². The lowest BCUT2D eigenvalue weighted by Gasteiger charge is -2.23. The molecule has 78 valence electrons. The van der Waals surface area contributed by atoms with Crippen LogP contribution in [-0.4, -0.2) is 36.8 Å². The second kappa shape index (κ2) is 5.89. The topological polar surface area (TPSA) is 21.3 Å². The van der Waals surface area contributed by atoms with Crippen LogP contribution in [0.1, 0.15) is 26.7 Å². The van der Waals surface area contributed by atoms with E-state index in [1.54, 1.807) is 0 Å². The number of nitrogens with one attached hydrogen (secondary N) is 1. The van der Waals surface area contributed by atoms with Gasteiger partial charge in [-0.2, -0.15) is 11.8 Å². The highest BCUT2D eigenvalue weighted by molar-refractivity contribution is 8.00. The summed E-state index contributed by atoms with van der Waals surface area (Å²) in [6, 6.07) is 0.537. The predicted molar refractivity (Wildman–Crippen MR) is 59.4 cm³/mol. The average molecular weight is 203 g/mol. The van der Waals surface area contributed by atoms with Gasteiger partial charge in [0.05, 0.1) is 12.7 Å². The van der Waals surface area contributed by atoms with Gasteiger partial charge in [-0.25, -0.2) is 0 Å². The van der Waals surface area contributed by atoms with E-state index in [4.69, 9.17) is 4.74 Å². The molecule has 1 saturated heterocycles. The Balaban J connectivity index is 2.24. The van der Waals surface area contributed by atoms with Gasteiger partial charge in [-0.1, -0.05) is 0 Å². The summed E-state index contributed by atoms with van der Waals surface area (Å²) in [7, 11) is 2.03. The molecule has 0 amide bonds. The smallest absolute Gasteiger partial charge is 0.0633 e. The predicted octanol–water partition coefficient (Wildman–Crippen LogP) is 1.89. The Kier molecular flexibility index (Phi) is 5.14. The molecule has 1 heterocycles. The lowest BCUT2D eigenvalue weighted by Crippen LogP contribution is -2.39. The summed E-state index contributed by atoms with van der Waals surface area (Å²) < 4.78 is 5.63. The molecule has 0 radical (unpaired) electrons. The Bertz CT molecular complexity index is 135. The van der Waals surface area contributed by atoms with E-state index in [9.17, 15) is 0 Å². The van der Waals surface area contributed by atoms with Crippen LogP contribution in [0.2, 0.25) is 0 Å². The molecule has 3 heteroatoms. The number of rotatable bonds is 5. The zero-order valence-electron chi connectivity index (χ0n) is 8.88. The van der Waals surface area contributed by atoms with E-state index < -0.39 is 0 Å². The zero-order chi connectivity index (χ0) is 9.68. The van der Waals surface area contributed by atoms with Crippen LogP contribution in [0.5, 0.6) is 0 Å². The maximum Gasteiger partial charge on any atom is 0.0633 e. The first-order valence-electron chi connectivity index (χ1n) is 5.14. The first-order chi connectivity index (χ1) is 6.24. The summed E-state index contributed by atoms with van der Waals surface area (Å²) in [5.74, 6) is 1.32. The van der Waals surface area contributed by atoms with Crippen molar-refractivity contribution < 1.29 is 4.74 Å². The molecule has 0 aromatic heterocycles. The van der Waals surface area contributed by atoms with Crippen LogP contribution in [0.4, 0.5) is 0 Å². The fourth-order valence-corrected chi connectivity index (χ4v) is 3.01. The standard InChI is InChI=1S/C10H21NOS/c1-8(2)12-7-9(11-3)10-5-4-6-13-10/h8-11H,4-7H2,1-3H3. The van der Waals surface area contributed by atoms with Crippen LogP contribution in [0.15, 0.2) is 0 Å². The van der Waals surface area contributed by atoms with Gasteiger partial charge in [-0.3, -0.25) is 0 Å². The number of hydrogen-bond donors (Lipinski definition) is 1. The summed E-state index contributed by atoms with van der Waals surface area (Å²) in [6.45, 7) is 5.04. The molecule has 2 unspecified atom stereocenters. The van der Waals surface area contributed by atoms with Crippen molar-refractivity contribution >= 4 is 11.8 Å². The van der Waals surface area contributed by atoms with Crippen LogP contribution in [0.25, 0.3) is 0 Å². The van der Waals surface area contributed by atoms with E-state index in [1.807, 2.05) is 7.05 Å². The quantitative estimate of drug-likeness (QED) is 0.737. The average Bonchev–Trinajstić information content (AvgIpc) is 2.58. The highest BCUT2D eigenvalue weighted by atomic mass is 32.2. The molecule has 1 fully saturated rings. The van der Waals surface area contributed by atoms with Gasteiger partial charge < -0.3 is 10.1 Å². The number of ether oxygens (including phenoxy) is 1. The van der Waals surface area contributed by atoms with Crippen molar-refractivity contribution in [3.05, 3.63) is 0 Å². The Labute approximate surface area is 85.8 Å². The zero-order valence-corrected chi connectivity index (χ0v) is 9.69. The van der Waals surface area contributed by atoms with Gasteiger partial charge in [0.1, 0.15) is 0 Å². The summed E-state index contributed by atoms with van der Waals surface area (Å²) in [4.78, 5) is 0. The lowest BCUT2D eigenvalue weighted by molar-refractivity contribution is 0.0622. The van der Waals surface area contributed by atoms with E-state index in [1.165, 1.54) is 18.6 Å². The number of hydrogen-bond acceptors (Lipinski definition) is 3. The Morgan fingerprint density at radius 2 is 2.31 bits per heavy atom. The van der Waals surface area contributed by atoms with Gasteiger partial charge in [0.2, 0.25) is 0 Å². The minimum Gasteiger partial charge on any atom is -0.377 e. The molecule has 1 aliphatic rings. The molecule has 0 spiro atoms.